The molecule has 0 amide bonds. The highest BCUT2D eigenvalue weighted by Gasteiger charge is 2.23. The van der Waals surface area contributed by atoms with Crippen molar-refractivity contribution in [2.75, 3.05) is 6.61 Å². The van der Waals surface area contributed by atoms with E-state index in [9.17, 15) is 18.4 Å². The summed E-state index contributed by atoms with van der Waals surface area (Å²) >= 11 is 0. The average Bonchev–Trinajstić information content (AvgIpc) is 2.73. The van der Waals surface area contributed by atoms with Crippen LogP contribution in [-0.4, -0.2) is 34.1 Å². The molecule has 6 nitrogen and oxygen atoms in total. The van der Waals surface area contributed by atoms with Crippen LogP contribution in [0.2, 0.25) is 0 Å². The third kappa shape index (κ3) is 5.81. The Hall–Kier alpha value is -3.68. The number of carbonyl (C=O) groups is 2. The van der Waals surface area contributed by atoms with E-state index < -0.39 is 29.2 Å². The van der Waals surface area contributed by atoms with Gasteiger partial charge in [0, 0.05) is 6.42 Å². The van der Waals surface area contributed by atoms with E-state index in [0.717, 1.165) is 17.7 Å². The zero-order chi connectivity index (χ0) is 25.0. The number of nitrogens with zero attached hydrogens (tertiary/aromatic N) is 2. The molecule has 34 heavy (non-hydrogen) atoms. The predicted molar refractivity (Wildman–Crippen MR) is 122 cm³/mol. The maximum absolute atomic E-state index is 14.4. The molecule has 0 aliphatic rings. The normalized spacial score (nSPS) is 11.3. The number of benzene rings is 2. The van der Waals surface area contributed by atoms with Gasteiger partial charge in [0.25, 0.3) is 0 Å². The zero-order valence-electron chi connectivity index (χ0n) is 19.7. The van der Waals surface area contributed by atoms with Gasteiger partial charge in [-0.3, -0.25) is 0 Å². The van der Waals surface area contributed by atoms with Crippen LogP contribution >= 0.6 is 0 Å². The SMILES string of the molecule is CCOC(=O)c1c(C)nc(-c2c(F)cccc2F)nc1Cc1ccc(C(=O)OC(C)(C)C)cc1. The monoisotopic (exact) mass is 468 g/mol. The van der Waals surface area contributed by atoms with Crippen molar-refractivity contribution in [2.24, 2.45) is 0 Å². The van der Waals surface area contributed by atoms with Gasteiger partial charge < -0.3 is 9.47 Å². The summed E-state index contributed by atoms with van der Waals surface area (Å²) in [6.45, 7) is 8.72. The number of aryl methyl sites for hydroxylation is 1. The van der Waals surface area contributed by atoms with Crippen molar-refractivity contribution in [3.63, 3.8) is 0 Å². The second kappa shape index (κ2) is 10.1. The maximum atomic E-state index is 14.4. The molecule has 0 radical (unpaired) electrons. The Morgan fingerprint density at radius 1 is 0.941 bits per heavy atom. The molecule has 1 heterocycles. The number of hydrogen-bond acceptors (Lipinski definition) is 6. The molecule has 3 rings (SSSR count). The topological polar surface area (TPSA) is 78.4 Å². The van der Waals surface area contributed by atoms with Crippen molar-refractivity contribution in [2.45, 2.75) is 46.6 Å². The summed E-state index contributed by atoms with van der Waals surface area (Å²) < 4.78 is 39.3. The lowest BCUT2D eigenvalue weighted by molar-refractivity contribution is 0.00692. The standard InChI is InChI=1S/C26H26F2N2O4/c1-6-33-25(32)21-15(2)29-23(22-18(27)8-7-9-19(22)28)30-20(21)14-16-10-12-17(13-11-16)24(31)34-26(3,4)5/h7-13H,6,14H2,1-5H3. The molecule has 0 aliphatic carbocycles. The Morgan fingerprint density at radius 3 is 2.12 bits per heavy atom. The number of rotatable bonds is 6. The summed E-state index contributed by atoms with van der Waals surface area (Å²) in [4.78, 5) is 33.4. The average molecular weight is 469 g/mol. The molecule has 178 valence electrons. The third-order valence-corrected chi connectivity index (χ3v) is 4.79. The van der Waals surface area contributed by atoms with Gasteiger partial charge in [-0.05, 0) is 64.4 Å². The molecule has 0 fully saturated rings. The summed E-state index contributed by atoms with van der Waals surface area (Å²) in [6.07, 6.45) is 0.148. The molecule has 8 heteroatoms. The van der Waals surface area contributed by atoms with Crippen LogP contribution in [0.3, 0.4) is 0 Å². The summed E-state index contributed by atoms with van der Waals surface area (Å²) in [5, 5.41) is 0. The minimum Gasteiger partial charge on any atom is -0.462 e. The molecule has 0 N–H and O–H groups in total. The van der Waals surface area contributed by atoms with Gasteiger partial charge in [0.05, 0.1) is 29.1 Å². The maximum Gasteiger partial charge on any atom is 0.341 e. The van der Waals surface area contributed by atoms with Crippen LogP contribution in [-0.2, 0) is 15.9 Å². The molecular weight excluding hydrogens is 442 g/mol. The molecule has 1 aromatic heterocycles. The molecule has 0 bridgehead atoms. The molecule has 0 saturated heterocycles. The highest BCUT2D eigenvalue weighted by Crippen LogP contribution is 2.26. The van der Waals surface area contributed by atoms with Gasteiger partial charge in [0.2, 0.25) is 0 Å². The molecule has 3 aromatic rings. The van der Waals surface area contributed by atoms with E-state index in [-0.39, 0.29) is 41.4 Å². The van der Waals surface area contributed by atoms with Crippen LogP contribution in [0.1, 0.15) is 65.4 Å². The number of ether oxygens (including phenoxy) is 2. The highest BCUT2D eigenvalue weighted by atomic mass is 19.1. The van der Waals surface area contributed by atoms with Crippen LogP contribution in [0.25, 0.3) is 11.4 Å². The van der Waals surface area contributed by atoms with Crippen LogP contribution < -0.4 is 0 Å². The molecule has 0 spiro atoms. The highest BCUT2D eigenvalue weighted by molar-refractivity contribution is 5.92. The van der Waals surface area contributed by atoms with Crippen molar-refractivity contribution in [3.8, 4) is 11.4 Å². The summed E-state index contributed by atoms with van der Waals surface area (Å²) in [6, 6.07) is 10.1. The van der Waals surface area contributed by atoms with E-state index in [1.54, 1.807) is 58.9 Å². The Balaban J connectivity index is 2.02. The smallest absolute Gasteiger partial charge is 0.341 e. The first-order valence-corrected chi connectivity index (χ1v) is 10.8. The van der Waals surface area contributed by atoms with Gasteiger partial charge in [-0.25, -0.2) is 28.3 Å². The Labute approximate surface area is 197 Å². The van der Waals surface area contributed by atoms with Crippen molar-refractivity contribution < 1.29 is 27.8 Å². The molecule has 0 saturated carbocycles. The van der Waals surface area contributed by atoms with Gasteiger partial charge in [-0.2, -0.15) is 0 Å². The Bertz CT molecular complexity index is 1200. The second-order valence-electron chi connectivity index (χ2n) is 8.65. The largest absolute Gasteiger partial charge is 0.462 e. The van der Waals surface area contributed by atoms with Crippen LogP contribution in [0.15, 0.2) is 42.5 Å². The molecule has 0 atom stereocenters. The van der Waals surface area contributed by atoms with E-state index in [4.69, 9.17) is 9.47 Å². The van der Waals surface area contributed by atoms with Gasteiger partial charge in [0.1, 0.15) is 22.8 Å². The van der Waals surface area contributed by atoms with E-state index in [0.29, 0.717) is 5.56 Å². The fourth-order valence-electron chi connectivity index (χ4n) is 3.34. The van der Waals surface area contributed by atoms with Crippen molar-refractivity contribution in [1.82, 2.24) is 9.97 Å². The van der Waals surface area contributed by atoms with Crippen LogP contribution in [0.4, 0.5) is 8.78 Å². The number of carbonyl (C=O) groups excluding carboxylic acids is 2. The van der Waals surface area contributed by atoms with Gasteiger partial charge in [0.15, 0.2) is 5.82 Å². The van der Waals surface area contributed by atoms with E-state index in [1.807, 2.05) is 0 Å². The fourth-order valence-corrected chi connectivity index (χ4v) is 3.34. The summed E-state index contributed by atoms with van der Waals surface area (Å²) in [7, 11) is 0. The lowest BCUT2D eigenvalue weighted by atomic mass is 10.0. The first kappa shape index (κ1) is 25.0. The minimum absolute atomic E-state index is 0.138. The summed E-state index contributed by atoms with van der Waals surface area (Å²) in [5.74, 6) is -2.86. The Morgan fingerprint density at radius 2 is 1.56 bits per heavy atom. The van der Waals surface area contributed by atoms with Gasteiger partial charge in [-0.15, -0.1) is 0 Å². The van der Waals surface area contributed by atoms with E-state index in [1.165, 1.54) is 6.07 Å². The Kier molecular flexibility index (Phi) is 7.39. The minimum atomic E-state index is -0.809. The quantitative estimate of drug-likeness (QED) is 0.448. The van der Waals surface area contributed by atoms with Crippen molar-refractivity contribution in [3.05, 3.63) is 82.2 Å². The van der Waals surface area contributed by atoms with Crippen molar-refractivity contribution in [1.29, 1.82) is 0 Å². The number of hydrogen-bond donors (Lipinski definition) is 0. The number of esters is 2. The fraction of sp³-hybridized carbons (Fsp3) is 0.308. The third-order valence-electron chi connectivity index (χ3n) is 4.79. The molecule has 0 unspecified atom stereocenters. The number of aromatic nitrogens is 2. The number of halogens is 2. The molecule has 2 aromatic carbocycles. The van der Waals surface area contributed by atoms with Crippen molar-refractivity contribution >= 4 is 11.9 Å². The van der Waals surface area contributed by atoms with Crippen LogP contribution in [0, 0.1) is 18.6 Å². The van der Waals surface area contributed by atoms with Gasteiger partial charge >= 0.3 is 11.9 Å². The van der Waals surface area contributed by atoms with Crippen LogP contribution in [0.5, 0.6) is 0 Å². The predicted octanol–water partition coefficient (Wildman–Crippen LogP) is 5.45. The van der Waals surface area contributed by atoms with E-state index in [2.05, 4.69) is 9.97 Å². The molecule has 0 aliphatic heterocycles. The van der Waals surface area contributed by atoms with E-state index >= 15 is 0 Å². The molecular formula is C26H26F2N2O4. The first-order valence-electron chi connectivity index (χ1n) is 10.8. The second-order valence-corrected chi connectivity index (χ2v) is 8.65. The lowest BCUT2D eigenvalue weighted by Gasteiger charge is -2.19. The lowest BCUT2D eigenvalue weighted by Crippen LogP contribution is -2.23. The summed E-state index contributed by atoms with van der Waals surface area (Å²) in [5.41, 5.74) is 0.732. The van der Waals surface area contributed by atoms with Gasteiger partial charge in [-0.1, -0.05) is 18.2 Å². The first-order chi connectivity index (χ1) is 16.0. The zero-order valence-corrected chi connectivity index (χ0v) is 19.7.